The highest BCUT2D eigenvalue weighted by Crippen LogP contribution is 2.17. The minimum Gasteiger partial charge on any atom is -0.481 e. The number of benzene rings is 2. The molecular weight excluding hydrogens is 363 g/mol. The molecule has 2 rings (SSSR count). The quantitative estimate of drug-likeness (QED) is 0.681. The van der Waals surface area contributed by atoms with Crippen molar-refractivity contribution >= 4 is 23.5 Å². The van der Waals surface area contributed by atoms with Gasteiger partial charge in [0.2, 0.25) is 5.91 Å². The highest BCUT2D eigenvalue weighted by atomic mass is 19.1. The maximum atomic E-state index is 14.0. The third-order valence-corrected chi connectivity index (χ3v) is 4.18. The molecule has 0 fully saturated rings. The van der Waals surface area contributed by atoms with Crippen LogP contribution >= 0.6 is 0 Å². The van der Waals surface area contributed by atoms with E-state index in [0.29, 0.717) is 5.56 Å². The molecule has 3 N–H and O–H groups in total. The number of carboxylic acids is 1. The average Bonchev–Trinajstić information content (AvgIpc) is 2.61. The van der Waals surface area contributed by atoms with Gasteiger partial charge in [0, 0.05) is 11.3 Å². The number of hydrogen-bond acceptors (Lipinski definition) is 3. The number of rotatable bonds is 7. The largest absolute Gasteiger partial charge is 0.481 e. The lowest BCUT2D eigenvalue weighted by Gasteiger charge is -2.22. The number of carboxylic acid groups (broad SMARTS) is 1. The standard InChI is InChI=1S/C21H23FN2O4/c1-12(2)19(24-20(27)15-6-4-5-13(3)9-15)21(28)23-16-8-7-14(10-18(25)26)17(22)11-16/h4-9,11-12,19H,10H2,1-3H3,(H,23,28)(H,24,27)(H,25,26). The van der Waals surface area contributed by atoms with E-state index in [1.165, 1.54) is 12.1 Å². The van der Waals surface area contributed by atoms with Crippen LogP contribution in [-0.2, 0) is 16.0 Å². The Morgan fingerprint density at radius 2 is 1.82 bits per heavy atom. The van der Waals surface area contributed by atoms with Crippen molar-refractivity contribution in [1.82, 2.24) is 5.32 Å². The normalized spacial score (nSPS) is 11.8. The van der Waals surface area contributed by atoms with Gasteiger partial charge in [-0.25, -0.2) is 4.39 Å². The second-order valence-corrected chi connectivity index (χ2v) is 6.93. The van der Waals surface area contributed by atoms with Crippen LogP contribution in [0.5, 0.6) is 0 Å². The summed E-state index contributed by atoms with van der Waals surface area (Å²) in [6.07, 6.45) is -0.443. The Balaban J connectivity index is 2.11. The molecule has 1 atom stereocenters. The molecular formula is C21H23FN2O4. The fourth-order valence-electron chi connectivity index (χ4n) is 2.70. The van der Waals surface area contributed by atoms with Crippen molar-refractivity contribution < 1.29 is 23.9 Å². The molecule has 0 bridgehead atoms. The zero-order chi connectivity index (χ0) is 20.8. The lowest BCUT2D eigenvalue weighted by atomic mass is 10.0. The lowest BCUT2D eigenvalue weighted by molar-refractivity contribution is -0.136. The molecule has 28 heavy (non-hydrogen) atoms. The van der Waals surface area contributed by atoms with Gasteiger partial charge >= 0.3 is 5.97 Å². The smallest absolute Gasteiger partial charge is 0.307 e. The van der Waals surface area contributed by atoms with Crippen LogP contribution in [0.25, 0.3) is 0 Å². The van der Waals surface area contributed by atoms with Crippen molar-refractivity contribution in [3.63, 3.8) is 0 Å². The van der Waals surface area contributed by atoms with Gasteiger partial charge in [0.15, 0.2) is 0 Å². The van der Waals surface area contributed by atoms with Crippen LogP contribution in [-0.4, -0.2) is 28.9 Å². The van der Waals surface area contributed by atoms with E-state index in [1.807, 2.05) is 13.0 Å². The monoisotopic (exact) mass is 386 g/mol. The Morgan fingerprint density at radius 3 is 2.39 bits per heavy atom. The van der Waals surface area contributed by atoms with Gasteiger partial charge in [0.05, 0.1) is 6.42 Å². The Bertz CT molecular complexity index is 896. The molecule has 0 saturated carbocycles. The summed E-state index contributed by atoms with van der Waals surface area (Å²) < 4.78 is 14.0. The van der Waals surface area contributed by atoms with Gasteiger partial charge in [-0.05, 0) is 42.7 Å². The van der Waals surface area contributed by atoms with Crippen molar-refractivity contribution in [2.45, 2.75) is 33.2 Å². The highest BCUT2D eigenvalue weighted by Gasteiger charge is 2.25. The van der Waals surface area contributed by atoms with E-state index in [4.69, 9.17) is 5.11 Å². The molecule has 1 unspecified atom stereocenters. The summed E-state index contributed by atoms with van der Waals surface area (Å²) in [5.41, 5.74) is 1.59. The molecule has 2 aromatic rings. The number of amides is 2. The van der Waals surface area contributed by atoms with Gasteiger partial charge in [0.25, 0.3) is 5.91 Å². The minimum atomic E-state index is -1.14. The summed E-state index contributed by atoms with van der Waals surface area (Å²) in [4.78, 5) is 35.8. The van der Waals surface area contributed by atoms with E-state index < -0.39 is 30.2 Å². The van der Waals surface area contributed by atoms with E-state index in [2.05, 4.69) is 10.6 Å². The molecule has 2 aromatic carbocycles. The topological polar surface area (TPSA) is 95.5 Å². The van der Waals surface area contributed by atoms with Crippen LogP contribution in [0.2, 0.25) is 0 Å². The maximum Gasteiger partial charge on any atom is 0.307 e. The number of carbonyl (C=O) groups excluding carboxylic acids is 2. The predicted octanol–water partition coefficient (Wildman–Crippen LogP) is 3.15. The summed E-state index contributed by atoms with van der Waals surface area (Å²) in [5, 5.41) is 14.0. The van der Waals surface area contributed by atoms with Crippen LogP contribution in [0.15, 0.2) is 42.5 Å². The number of aliphatic carboxylic acids is 1. The average molecular weight is 386 g/mol. The molecule has 2 amide bonds. The van der Waals surface area contributed by atoms with Crippen LogP contribution in [0.4, 0.5) is 10.1 Å². The van der Waals surface area contributed by atoms with Crippen LogP contribution in [0.1, 0.15) is 35.3 Å². The third-order valence-electron chi connectivity index (χ3n) is 4.18. The molecule has 0 spiro atoms. The first-order valence-corrected chi connectivity index (χ1v) is 8.86. The molecule has 148 valence electrons. The van der Waals surface area contributed by atoms with Gasteiger partial charge in [0.1, 0.15) is 11.9 Å². The number of aryl methyl sites for hydroxylation is 1. The zero-order valence-electron chi connectivity index (χ0n) is 16.0. The van der Waals surface area contributed by atoms with Gasteiger partial charge in [-0.2, -0.15) is 0 Å². The SMILES string of the molecule is Cc1cccc(C(=O)NC(C(=O)Nc2ccc(CC(=O)O)c(F)c2)C(C)C)c1. The molecule has 0 aliphatic rings. The fourth-order valence-corrected chi connectivity index (χ4v) is 2.70. The van der Waals surface area contributed by atoms with Crippen molar-refractivity contribution in [3.05, 3.63) is 65.0 Å². The molecule has 0 aliphatic carbocycles. The van der Waals surface area contributed by atoms with E-state index in [1.54, 1.807) is 32.0 Å². The minimum absolute atomic E-state index is 0.0265. The predicted molar refractivity (Wildman–Crippen MR) is 104 cm³/mol. The Labute approximate surface area is 162 Å². The van der Waals surface area contributed by atoms with E-state index in [0.717, 1.165) is 11.6 Å². The van der Waals surface area contributed by atoms with Crippen molar-refractivity contribution in [1.29, 1.82) is 0 Å². The van der Waals surface area contributed by atoms with Crippen molar-refractivity contribution in [2.24, 2.45) is 5.92 Å². The van der Waals surface area contributed by atoms with Crippen LogP contribution < -0.4 is 10.6 Å². The third kappa shape index (κ3) is 5.64. The summed E-state index contributed by atoms with van der Waals surface area (Å²) in [5.74, 6) is -2.92. The number of anilines is 1. The fraction of sp³-hybridized carbons (Fsp3) is 0.286. The Morgan fingerprint density at radius 1 is 1.11 bits per heavy atom. The Kier molecular flexibility index (Phi) is 6.87. The second kappa shape index (κ2) is 9.12. The van der Waals surface area contributed by atoms with Crippen LogP contribution in [0.3, 0.4) is 0 Å². The maximum absolute atomic E-state index is 14.0. The van der Waals surface area contributed by atoms with E-state index in [9.17, 15) is 18.8 Å². The summed E-state index contributed by atoms with van der Waals surface area (Å²) in [6, 6.07) is 10.00. The van der Waals surface area contributed by atoms with Gasteiger partial charge < -0.3 is 15.7 Å². The number of carbonyl (C=O) groups is 3. The number of nitrogens with one attached hydrogen (secondary N) is 2. The molecule has 0 aliphatic heterocycles. The first-order chi connectivity index (χ1) is 13.2. The number of halogens is 1. The van der Waals surface area contributed by atoms with Gasteiger partial charge in [-0.3, -0.25) is 14.4 Å². The van der Waals surface area contributed by atoms with E-state index in [-0.39, 0.29) is 23.1 Å². The van der Waals surface area contributed by atoms with Crippen LogP contribution in [0, 0.1) is 18.7 Å². The molecule has 7 heteroatoms. The van der Waals surface area contributed by atoms with Gasteiger partial charge in [-0.15, -0.1) is 0 Å². The summed E-state index contributed by atoms with van der Waals surface area (Å²) in [7, 11) is 0. The summed E-state index contributed by atoms with van der Waals surface area (Å²) in [6.45, 7) is 5.45. The number of hydrogen-bond donors (Lipinski definition) is 3. The molecule has 0 aromatic heterocycles. The molecule has 6 nitrogen and oxygen atoms in total. The molecule has 0 saturated heterocycles. The second-order valence-electron chi connectivity index (χ2n) is 6.93. The lowest BCUT2D eigenvalue weighted by Crippen LogP contribution is -2.47. The molecule has 0 heterocycles. The first kappa shape index (κ1) is 21.1. The van der Waals surface area contributed by atoms with E-state index >= 15 is 0 Å². The highest BCUT2D eigenvalue weighted by molar-refractivity contribution is 6.01. The van der Waals surface area contributed by atoms with Crippen molar-refractivity contribution in [3.8, 4) is 0 Å². The molecule has 0 radical (unpaired) electrons. The Hall–Kier alpha value is -3.22. The summed E-state index contributed by atoms with van der Waals surface area (Å²) >= 11 is 0. The first-order valence-electron chi connectivity index (χ1n) is 8.86. The zero-order valence-corrected chi connectivity index (χ0v) is 16.0. The van der Waals surface area contributed by atoms with Gasteiger partial charge in [-0.1, -0.05) is 37.6 Å². The van der Waals surface area contributed by atoms with Crippen molar-refractivity contribution in [2.75, 3.05) is 5.32 Å².